The Balaban J connectivity index is 3.11. The molecule has 0 aromatic rings. The van der Waals surface area contributed by atoms with Gasteiger partial charge in [-0.15, -0.1) is 0 Å². The molecule has 0 rings (SSSR count). The van der Waals surface area contributed by atoms with Crippen LogP contribution >= 0.6 is 0 Å². The van der Waals surface area contributed by atoms with E-state index in [4.69, 9.17) is 5.90 Å². The molecular formula is C5H14NOSi-. The van der Waals surface area contributed by atoms with Gasteiger partial charge in [-0.3, -0.25) is 0 Å². The van der Waals surface area contributed by atoms with Crippen molar-refractivity contribution in [2.45, 2.75) is 25.7 Å². The fourth-order valence-corrected chi connectivity index (χ4v) is 1.07. The van der Waals surface area contributed by atoms with Gasteiger partial charge in [0.1, 0.15) is 0 Å². The predicted octanol–water partition coefficient (Wildman–Crippen LogP) is 2.31. The summed E-state index contributed by atoms with van der Waals surface area (Å²) in [7, 11) is -0.923. The highest BCUT2D eigenvalue weighted by Crippen LogP contribution is 2.06. The van der Waals surface area contributed by atoms with E-state index in [0.717, 1.165) is 6.04 Å². The van der Waals surface area contributed by atoms with Gasteiger partial charge in [0.2, 0.25) is 0 Å². The second-order valence-electron chi connectivity index (χ2n) is 3.16. The highest BCUT2D eigenvalue weighted by molar-refractivity contribution is 6.76. The van der Waals surface area contributed by atoms with Gasteiger partial charge in [0, 0.05) is 14.7 Å². The summed E-state index contributed by atoms with van der Waals surface area (Å²) in [6.07, 6.45) is 0. The van der Waals surface area contributed by atoms with Gasteiger partial charge in [0.25, 0.3) is 0 Å². The Morgan fingerprint density at radius 1 is 1.38 bits per heavy atom. The lowest BCUT2D eigenvalue weighted by atomic mass is 10.9. The second kappa shape index (κ2) is 3.22. The molecule has 0 aromatic carbocycles. The quantitative estimate of drug-likeness (QED) is 0.428. The molecule has 8 heavy (non-hydrogen) atoms. The van der Waals surface area contributed by atoms with E-state index in [1.165, 1.54) is 0 Å². The third-order valence-corrected chi connectivity index (χ3v) is 2.66. The van der Waals surface area contributed by atoms with Crippen LogP contribution in [0.15, 0.2) is 0 Å². The Morgan fingerprint density at radius 2 is 1.88 bits per heavy atom. The van der Waals surface area contributed by atoms with Gasteiger partial charge in [0.15, 0.2) is 0 Å². The van der Waals surface area contributed by atoms with Gasteiger partial charge in [-0.1, -0.05) is 19.6 Å². The van der Waals surface area contributed by atoms with E-state index in [9.17, 15) is 0 Å². The molecule has 0 unspecified atom stereocenters. The first kappa shape index (κ1) is 8.14. The highest BCUT2D eigenvalue weighted by atomic mass is 28.3. The molecular weight excluding hydrogens is 118 g/mol. The van der Waals surface area contributed by atoms with Crippen LogP contribution in [0.3, 0.4) is 0 Å². The van der Waals surface area contributed by atoms with Gasteiger partial charge >= 0.3 is 0 Å². The number of hydrogen-bond donors (Lipinski definition) is 0. The van der Waals surface area contributed by atoms with Crippen LogP contribution in [0.4, 0.5) is 0 Å². The molecule has 50 valence electrons. The highest BCUT2D eigenvalue weighted by Gasteiger charge is 2.10. The zero-order valence-corrected chi connectivity index (χ0v) is 6.82. The maximum atomic E-state index is 6.40. The lowest BCUT2D eigenvalue weighted by molar-refractivity contribution is 0.269. The van der Waals surface area contributed by atoms with Crippen LogP contribution in [-0.2, 0) is 4.84 Å². The summed E-state index contributed by atoms with van der Waals surface area (Å²) < 4.78 is 0. The van der Waals surface area contributed by atoms with Crippen molar-refractivity contribution >= 4 is 8.07 Å². The van der Waals surface area contributed by atoms with E-state index in [1.54, 1.807) is 0 Å². The number of rotatable bonds is 3. The molecule has 0 fully saturated rings. The van der Waals surface area contributed by atoms with Gasteiger partial charge in [0.05, 0.1) is 0 Å². The lowest BCUT2D eigenvalue weighted by Gasteiger charge is -2.16. The lowest BCUT2D eigenvalue weighted by Crippen LogP contribution is -2.20. The summed E-state index contributed by atoms with van der Waals surface area (Å²) in [6, 6.07) is 1.09. The molecule has 0 aliphatic rings. The monoisotopic (exact) mass is 132 g/mol. The number of nitrogens with one attached hydrogen (secondary N) is 1. The molecule has 0 heterocycles. The molecule has 0 atom stereocenters. The molecule has 0 saturated carbocycles. The van der Waals surface area contributed by atoms with Crippen LogP contribution in [-0.4, -0.2) is 14.7 Å². The van der Waals surface area contributed by atoms with E-state index in [-0.39, 0.29) is 0 Å². The van der Waals surface area contributed by atoms with Crippen molar-refractivity contribution in [2.24, 2.45) is 0 Å². The summed E-state index contributed by atoms with van der Waals surface area (Å²) >= 11 is 0. The molecule has 3 heteroatoms. The van der Waals surface area contributed by atoms with Gasteiger partial charge in [-0.05, 0) is 6.04 Å². The molecule has 0 amide bonds. The maximum absolute atomic E-state index is 6.40. The normalized spacial score (nSPS) is 12.0. The Bertz CT molecular complexity index is 59.9. The Labute approximate surface area is 52.0 Å². The van der Waals surface area contributed by atoms with Crippen LogP contribution in [0.25, 0.3) is 5.90 Å². The van der Waals surface area contributed by atoms with Crippen LogP contribution in [0.2, 0.25) is 25.7 Å². The molecule has 0 aliphatic carbocycles. The van der Waals surface area contributed by atoms with Crippen molar-refractivity contribution in [2.75, 3.05) is 6.61 Å². The van der Waals surface area contributed by atoms with Gasteiger partial charge in [-0.25, -0.2) is 0 Å². The molecule has 0 radical (unpaired) electrons. The third kappa shape index (κ3) is 6.14. The second-order valence-corrected chi connectivity index (χ2v) is 8.78. The van der Waals surface area contributed by atoms with E-state index < -0.39 is 8.07 Å². The topological polar surface area (TPSA) is 33.0 Å². The summed E-state index contributed by atoms with van der Waals surface area (Å²) in [5, 5.41) is 0. The van der Waals surface area contributed by atoms with Crippen molar-refractivity contribution in [3.05, 3.63) is 5.90 Å². The van der Waals surface area contributed by atoms with Crippen molar-refractivity contribution in [3.8, 4) is 0 Å². The van der Waals surface area contributed by atoms with Crippen LogP contribution in [0, 0.1) is 0 Å². The van der Waals surface area contributed by atoms with Crippen molar-refractivity contribution in [1.82, 2.24) is 0 Å². The van der Waals surface area contributed by atoms with Crippen molar-refractivity contribution < 1.29 is 4.84 Å². The minimum atomic E-state index is -0.923. The van der Waals surface area contributed by atoms with E-state index in [1.807, 2.05) is 0 Å². The Hall–Kier alpha value is 0.137. The van der Waals surface area contributed by atoms with Crippen molar-refractivity contribution in [3.63, 3.8) is 0 Å². The van der Waals surface area contributed by atoms with Crippen LogP contribution < -0.4 is 0 Å². The van der Waals surface area contributed by atoms with E-state index in [2.05, 4.69) is 24.5 Å². The first-order chi connectivity index (χ1) is 3.56. The van der Waals surface area contributed by atoms with Gasteiger partial charge in [-0.2, -0.15) is 0 Å². The zero-order valence-electron chi connectivity index (χ0n) is 5.82. The summed E-state index contributed by atoms with van der Waals surface area (Å²) in [5.74, 6) is 6.40. The SMILES string of the molecule is C[Si](C)(C)CCO[NH-]. The number of hydrogen-bond acceptors (Lipinski definition) is 1. The third-order valence-electron chi connectivity index (χ3n) is 0.954. The van der Waals surface area contributed by atoms with Gasteiger partial charge < -0.3 is 10.7 Å². The zero-order chi connectivity index (χ0) is 6.62. The molecule has 0 spiro atoms. The minimum absolute atomic E-state index is 0.607. The van der Waals surface area contributed by atoms with Crippen LogP contribution in [0.5, 0.6) is 0 Å². The summed E-state index contributed by atoms with van der Waals surface area (Å²) in [4.78, 5) is 4.20. The molecule has 1 N–H and O–H groups in total. The smallest absolute Gasteiger partial charge is 0.0465 e. The maximum Gasteiger partial charge on any atom is 0.0465 e. The minimum Gasteiger partial charge on any atom is -0.550 e. The standard InChI is InChI=1S/C5H14NOSi/c1-8(2,3)5-4-7-6/h6H,4-5H2,1-3H3/q-1. The summed E-state index contributed by atoms with van der Waals surface area (Å²) in [5.41, 5.74) is 0. The van der Waals surface area contributed by atoms with Crippen LogP contribution in [0.1, 0.15) is 0 Å². The first-order valence-electron chi connectivity index (χ1n) is 2.85. The molecule has 2 nitrogen and oxygen atoms in total. The van der Waals surface area contributed by atoms with Crippen molar-refractivity contribution in [1.29, 1.82) is 0 Å². The fourth-order valence-electron chi connectivity index (χ4n) is 0.357. The first-order valence-corrected chi connectivity index (χ1v) is 6.55. The molecule has 0 aromatic heterocycles. The Morgan fingerprint density at radius 3 is 2.00 bits per heavy atom. The summed E-state index contributed by atoms with van der Waals surface area (Å²) in [6.45, 7) is 7.42. The largest absolute Gasteiger partial charge is 0.550 e. The molecule has 0 aliphatic heterocycles. The average Bonchev–Trinajstić information content (AvgIpc) is 1.59. The van der Waals surface area contributed by atoms with E-state index >= 15 is 0 Å². The Kier molecular flexibility index (Phi) is 3.27. The molecule has 0 saturated heterocycles. The fraction of sp³-hybridized carbons (Fsp3) is 1.00. The van der Waals surface area contributed by atoms with E-state index in [0.29, 0.717) is 6.61 Å². The average molecular weight is 132 g/mol. The predicted molar refractivity (Wildman–Crippen MR) is 38.4 cm³/mol. The molecule has 0 bridgehead atoms.